The van der Waals surface area contributed by atoms with Crippen molar-refractivity contribution in [3.8, 4) is 0 Å². The van der Waals surface area contributed by atoms with Gasteiger partial charge in [-0.15, -0.1) is 0 Å². The van der Waals surface area contributed by atoms with Gasteiger partial charge in [0.1, 0.15) is 0 Å². The molecule has 1 rings (SSSR count). The Labute approximate surface area is 95.2 Å². The first-order chi connectivity index (χ1) is 7.60. The van der Waals surface area contributed by atoms with Gasteiger partial charge in [-0.2, -0.15) is 0 Å². The fourth-order valence-corrected chi connectivity index (χ4v) is 1.81. The second kappa shape index (κ2) is 5.84. The van der Waals surface area contributed by atoms with E-state index in [0.29, 0.717) is 32.5 Å². The van der Waals surface area contributed by atoms with Gasteiger partial charge in [0.15, 0.2) is 0 Å². The molecule has 1 heterocycles. The molecule has 5 nitrogen and oxygen atoms in total. The summed E-state index contributed by atoms with van der Waals surface area (Å²) in [7, 11) is 0. The number of amides is 1. The van der Waals surface area contributed by atoms with Gasteiger partial charge in [-0.25, -0.2) is 0 Å². The van der Waals surface area contributed by atoms with Gasteiger partial charge >= 0.3 is 5.97 Å². The van der Waals surface area contributed by atoms with Crippen molar-refractivity contribution >= 4 is 11.9 Å². The molecule has 1 aliphatic heterocycles. The van der Waals surface area contributed by atoms with Crippen LogP contribution in [0.15, 0.2) is 0 Å². The summed E-state index contributed by atoms with van der Waals surface area (Å²) < 4.78 is 5.15. The van der Waals surface area contributed by atoms with Gasteiger partial charge in [-0.1, -0.05) is 6.92 Å². The molecule has 1 aliphatic rings. The van der Waals surface area contributed by atoms with Crippen molar-refractivity contribution in [3.63, 3.8) is 0 Å². The Morgan fingerprint density at radius 3 is 2.50 bits per heavy atom. The number of carboxylic acids is 1. The second-order valence-corrected chi connectivity index (χ2v) is 4.22. The van der Waals surface area contributed by atoms with Crippen LogP contribution in [-0.2, 0) is 14.3 Å². The summed E-state index contributed by atoms with van der Waals surface area (Å²) in [4.78, 5) is 22.6. The van der Waals surface area contributed by atoms with E-state index in [9.17, 15) is 14.7 Å². The Hall–Kier alpha value is -1.10. The highest BCUT2D eigenvalue weighted by atomic mass is 16.5. The summed E-state index contributed by atoms with van der Waals surface area (Å²) in [6.07, 6.45) is 2.16. The first kappa shape index (κ1) is 13.0. The van der Waals surface area contributed by atoms with Crippen LogP contribution in [0.5, 0.6) is 0 Å². The summed E-state index contributed by atoms with van der Waals surface area (Å²) in [5, 5.41) is 11.9. The van der Waals surface area contributed by atoms with Crippen LogP contribution in [0.1, 0.15) is 32.6 Å². The molecule has 92 valence electrons. The monoisotopic (exact) mass is 229 g/mol. The van der Waals surface area contributed by atoms with Crippen molar-refractivity contribution in [1.82, 2.24) is 5.32 Å². The largest absolute Gasteiger partial charge is 0.481 e. The van der Waals surface area contributed by atoms with E-state index in [-0.39, 0.29) is 12.5 Å². The van der Waals surface area contributed by atoms with Gasteiger partial charge in [0.05, 0.1) is 5.41 Å². The first-order valence-corrected chi connectivity index (χ1v) is 5.68. The molecular formula is C11H19NO4. The molecule has 0 aliphatic carbocycles. The summed E-state index contributed by atoms with van der Waals surface area (Å²) >= 11 is 0. The molecular weight excluding hydrogens is 210 g/mol. The first-order valence-electron chi connectivity index (χ1n) is 5.68. The Kier molecular flexibility index (Phi) is 4.73. The van der Waals surface area contributed by atoms with Crippen molar-refractivity contribution in [2.24, 2.45) is 5.41 Å². The molecule has 2 N–H and O–H groups in total. The minimum atomic E-state index is -0.840. The average molecular weight is 229 g/mol. The van der Waals surface area contributed by atoms with Crippen molar-refractivity contribution in [1.29, 1.82) is 0 Å². The number of hydrogen-bond donors (Lipinski definition) is 2. The average Bonchev–Trinajstić information content (AvgIpc) is 2.28. The third-order valence-electron chi connectivity index (χ3n) is 3.00. The van der Waals surface area contributed by atoms with Gasteiger partial charge < -0.3 is 15.2 Å². The number of hydrogen-bond acceptors (Lipinski definition) is 3. The number of aliphatic carboxylic acids is 1. The Balaban J connectivity index is 2.51. The Morgan fingerprint density at radius 1 is 1.38 bits per heavy atom. The molecule has 16 heavy (non-hydrogen) atoms. The van der Waals surface area contributed by atoms with Crippen LogP contribution in [0, 0.1) is 5.41 Å². The predicted octanol–water partition coefficient (Wildman–Crippen LogP) is 0.784. The number of carboxylic acid groups (broad SMARTS) is 1. The number of ether oxygens (including phenoxy) is 1. The Bertz CT molecular complexity index is 259. The van der Waals surface area contributed by atoms with E-state index < -0.39 is 11.4 Å². The quantitative estimate of drug-likeness (QED) is 0.730. The fraction of sp³-hybridized carbons (Fsp3) is 0.818. The van der Waals surface area contributed by atoms with Crippen molar-refractivity contribution in [2.45, 2.75) is 32.6 Å². The van der Waals surface area contributed by atoms with E-state index in [1.807, 2.05) is 6.92 Å². The number of rotatable bonds is 5. The lowest BCUT2D eigenvalue weighted by Gasteiger charge is -2.33. The van der Waals surface area contributed by atoms with Crippen LogP contribution >= 0.6 is 0 Å². The zero-order valence-corrected chi connectivity index (χ0v) is 9.62. The maximum absolute atomic E-state index is 11.3. The van der Waals surface area contributed by atoms with E-state index in [1.54, 1.807) is 0 Å². The molecule has 0 spiro atoms. The summed E-state index contributed by atoms with van der Waals surface area (Å²) in [5.41, 5.74) is -0.832. The molecule has 0 atom stereocenters. The standard InChI is InChI=1S/C11H19NO4/c1-2-3-9(13)12-8-11(10(14)15)4-6-16-7-5-11/h2-8H2,1H3,(H,12,13)(H,14,15). The highest BCUT2D eigenvalue weighted by Gasteiger charge is 2.40. The maximum Gasteiger partial charge on any atom is 0.311 e. The van der Waals surface area contributed by atoms with E-state index >= 15 is 0 Å². The topological polar surface area (TPSA) is 75.6 Å². The molecule has 0 bridgehead atoms. The third-order valence-corrected chi connectivity index (χ3v) is 3.00. The lowest BCUT2D eigenvalue weighted by molar-refractivity contribution is -0.154. The highest BCUT2D eigenvalue weighted by Crippen LogP contribution is 2.30. The fourth-order valence-electron chi connectivity index (χ4n) is 1.81. The minimum absolute atomic E-state index is 0.0744. The van der Waals surface area contributed by atoms with Gasteiger partial charge in [-0.3, -0.25) is 9.59 Å². The highest BCUT2D eigenvalue weighted by molar-refractivity contribution is 5.79. The zero-order chi connectivity index (χ0) is 12.0. The predicted molar refractivity (Wildman–Crippen MR) is 58.0 cm³/mol. The molecule has 1 fully saturated rings. The zero-order valence-electron chi connectivity index (χ0n) is 9.62. The molecule has 1 saturated heterocycles. The van der Waals surface area contributed by atoms with Crippen LogP contribution in [0.2, 0.25) is 0 Å². The normalized spacial score (nSPS) is 19.1. The van der Waals surface area contributed by atoms with Crippen LogP contribution in [0.3, 0.4) is 0 Å². The van der Waals surface area contributed by atoms with Gasteiger partial charge in [-0.05, 0) is 19.3 Å². The van der Waals surface area contributed by atoms with Crippen molar-refractivity contribution in [3.05, 3.63) is 0 Å². The van der Waals surface area contributed by atoms with Crippen molar-refractivity contribution < 1.29 is 19.4 Å². The van der Waals surface area contributed by atoms with E-state index in [4.69, 9.17) is 4.74 Å². The van der Waals surface area contributed by atoms with Crippen LogP contribution in [-0.4, -0.2) is 36.7 Å². The molecule has 1 amide bonds. The summed E-state index contributed by atoms with van der Waals surface area (Å²) in [5.74, 6) is -0.915. The maximum atomic E-state index is 11.3. The van der Waals surface area contributed by atoms with Gasteiger partial charge in [0.25, 0.3) is 0 Å². The summed E-state index contributed by atoms with van der Waals surface area (Å²) in [6, 6.07) is 0. The summed E-state index contributed by atoms with van der Waals surface area (Å²) in [6.45, 7) is 3.04. The van der Waals surface area contributed by atoms with Crippen molar-refractivity contribution in [2.75, 3.05) is 19.8 Å². The molecule has 0 aromatic rings. The third kappa shape index (κ3) is 3.20. The smallest absolute Gasteiger partial charge is 0.311 e. The lowest BCUT2D eigenvalue weighted by atomic mass is 9.80. The molecule has 0 saturated carbocycles. The van der Waals surface area contributed by atoms with Crippen LogP contribution in [0.4, 0.5) is 0 Å². The van der Waals surface area contributed by atoms with Gasteiger partial charge in [0.2, 0.25) is 5.91 Å². The lowest BCUT2D eigenvalue weighted by Crippen LogP contribution is -2.46. The number of nitrogens with one attached hydrogen (secondary N) is 1. The Morgan fingerprint density at radius 2 is 2.00 bits per heavy atom. The van der Waals surface area contributed by atoms with Gasteiger partial charge in [0, 0.05) is 26.2 Å². The van der Waals surface area contributed by atoms with E-state index in [0.717, 1.165) is 6.42 Å². The van der Waals surface area contributed by atoms with Crippen LogP contribution < -0.4 is 5.32 Å². The molecule has 0 aromatic heterocycles. The molecule has 5 heteroatoms. The SMILES string of the molecule is CCCC(=O)NCC1(C(=O)O)CCOCC1. The van der Waals surface area contributed by atoms with E-state index in [2.05, 4.69) is 5.32 Å². The molecule has 0 unspecified atom stereocenters. The number of carbonyl (C=O) groups excluding carboxylic acids is 1. The number of carbonyl (C=O) groups is 2. The van der Waals surface area contributed by atoms with Crippen LogP contribution in [0.25, 0.3) is 0 Å². The molecule has 0 radical (unpaired) electrons. The second-order valence-electron chi connectivity index (χ2n) is 4.22. The molecule has 0 aromatic carbocycles. The van der Waals surface area contributed by atoms with E-state index in [1.165, 1.54) is 0 Å². The minimum Gasteiger partial charge on any atom is -0.481 e.